The minimum atomic E-state index is -3.79. The quantitative estimate of drug-likeness (QED) is 0.630. The van der Waals surface area contributed by atoms with Gasteiger partial charge in [0.1, 0.15) is 0 Å². The Morgan fingerprint density at radius 1 is 1.20 bits per heavy atom. The van der Waals surface area contributed by atoms with Gasteiger partial charge in [-0.2, -0.15) is 0 Å². The lowest BCUT2D eigenvalue weighted by Gasteiger charge is -2.20. The molecule has 9 heteroatoms. The van der Waals surface area contributed by atoms with Crippen molar-refractivity contribution in [2.45, 2.75) is 30.6 Å². The number of nitrogens with one attached hydrogen (secondary N) is 1. The summed E-state index contributed by atoms with van der Waals surface area (Å²) in [6.45, 7) is 0.483. The number of hydrogen-bond donors (Lipinski definition) is 1. The van der Waals surface area contributed by atoms with Crippen molar-refractivity contribution >= 4 is 60.6 Å². The summed E-state index contributed by atoms with van der Waals surface area (Å²) in [4.78, 5) is 26.7. The van der Waals surface area contributed by atoms with Crippen LogP contribution >= 0.6 is 27.5 Å². The molecule has 158 valence electrons. The van der Waals surface area contributed by atoms with Crippen LogP contribution in [0.3, 0.4) is 0 Å². The molecular formula is C21H20BrClN2O4S. The molecule has 1 aliphatic carbocycles. The maximum Gasteiger partial charge on any atom is 0.230 e. The minimum Gasteiger partial charge on any atom is -0.325 e. The Kier molecular flexibility index (Phi) is 5.92. The molecule has 30 heavy (non-hydrogen) atoms. The number of para-hydroxylation sites is 1. The van der Waals surface area contributed by atoms with Crippen LogP contribution in [0.25, 0.3) is 0 Å². The van der Waals surface area contributed by atoms with Gasteiger partial charge in [0.25, 0.3) is 0 Å². The molecule has 1 heterocycles. The van der Waals surface area contributed by atoms with E-state index >= 15 is 0 Å². The number of amides is 2. The van der Waals surface area contributed by atoms with Crippen molar-refractivity contribution in [2.24, 2.45) is 5.92 Å². The molecule has 4 rings (SSSR count). The monoisotopic (exact) mass is 510 g/mol. The van der Waals surface area contributed by atoms with Crippen LogP contribution in [-0.4, -0.2) is 32.5 Å². The summed E-state index contributed by atoms with van der Waals surface area (Å²) in [6.07, 6.45) is 2.10. The van der Waals surface area contributed by atoms with E-state index in [1.54, 1.807) is 29.2 Å². The second kappa shape index (κ2) is 8.32. The van der Waals surface area contributed by atoms with Gasteiger partial charge < -0.3 is 10.2 Å². The highest BCUT2D eigenvalue weighted by Gasteiger charge is 2.39. The third kappa shape index (κ3) is 4.40. The predicted molar refractivity (Wildman–Crippen MR) is 120 cm³/mol. The van der Waals surface area contributed by atoms with Crippen LogP contribution < -0.4 is 10.2 Å². The summed E-state index contributed by atoms with van der Waals surface area (Å²) in [5, 5.41) is 3.02. The summed E-state index contributed by atoms with van der Waals surface area (Å²) in [7, 11) is -3.79. The first-order valence-electron chi connectivity index (χ1n) is 9.67. The lowest BCUT2D eigenvalue weighted by molar-refractivity contribution is -0.119. The van der Waals surface area contributed by atoms with Crippen LogP contribution in [0.5, 0.6) is 0 Å². The average Bonchev–Trinajstić information content (AvgIpc) is 3.47. The average molecular weight is 512 g/mol. The van der Waals surface area contributed by atoms with E-state index in [9.17, 15) is 18.0 Å². The first-order valence-corrected chi connectivity index (χ1v) is 12.5. The molecule has 0 atom stereocenters. The summed E-state index contributed by atoms with van der Waals surface area (Å²) >= 11 is 9.41. The normalized spacial score (nSPS) is 15.7. The molecule has 0 spiro atoms. The molecule has 2 amide bonds. The molecule has 1 aliphatic heterocycles. The van der Waals surface area contributed by atoms with Crippen molar-refractivity contribution in [3.63, 3.8) is 0 Å². The molecule has 1 fully saturated rings. The van der Waals surface area contributed by atoms with Crippen LogP contribution in [0, 0.1) is 5.92 Å². The van der Waals surface area contributed by atoms with Crippen molar-refractivity contribution in [1.29, 1.82) is 0 Å². The Balaban J connectivity index is 1.55. The van der Waals surface area contributed by atoms with E-state index < -0.39 is 15.7 Å². The smallest absolute Gasteiger partial charge is 0.230 e. The Hall–Kier alpha value is -1.90. The molecule has 0 bridgehead atoms. The van der Waals surface area contributed by atoms with Crippen LogP contribution in [0.15, 0.2) is 45.8 Å². The topological polar surface area (TPSA) is 83.6 Å². The second-order valence-corrected chi connectivity index (χ2v) is 10.9. The van der Waals surface area contributed by atoms with Crippen LogP contribution in [-0.2, 0) is 25.8 Å². The molecule has 2 aromatic carbocycles. The van der Waals surface area contributed by atoms with Crippen molar-refractivity contribution in [3.05, 3.63) is 51.5 Å². The van der Waals surface area contributed by atoms with E-state index in [1.165, 1.54) is 6.07 Å². The fraction of sp³-hybridized carbons (Fsp3) is 0.333. The Bertz CT molecular complexity index is 1130. The SMILES string of the molecule is O=C(CCS(=O)(=O)c1cc(Br)cc2c1N(C(=O)C1CC1)CC2)Nc1ccccc1Cl. The molecule has 1 saturated carbocycles. The highest BCUT2D eigenvalue weighted by molar-refractivity contribution is 9.10. The number of rotatable bonds is 6. The highest BCUT2D eigenvalue weighted by Crippen LogP contribution is 2.41. The lowest BCUT2D eigenvalue weighted by Crippen LogP contribution is -2.31. The maximum absolute atomic E-state index is 13.2. The van der Waals surface area contributed by atoms with Crippen molar-refractivity contribution in [3.8, 4) is 0 Å². The maximum atomic E-state index is 13.2. The number of carbonyl (C=O) groups excluding carboxylic acids is 2. The van der Waals surface area contributed by atoms with E-state index in [4.69, 9.17) is 11.6 Å². The van der Waals surface area contributed by atoms with E-state index in [-0.39, 0.29) is 28.9 Å². The Morgan fingerprint density at radius 2 is 1.93 bits per heavy atom. The Labute approximate surface area is 188 Å². The number of fused-ring (bicyclic) bond motifs is 1. The Morgan fingerprint density at radius 3 is 2.63 bits per heavy atom. The third-order valence-corrected chi connectivity index (χ3v) is 7.78. The van der Waals surface area contributed by atoms with Gasteiger partial charge in [-0.25, -0.2) is 8.42 Å². The van der Waals surface area contributed by atoms with Gasteiger partial charge in [0.15, 0.2) is 9.84 Å². The fourth-order valence-corrected chi connectivity index (χ4v) is 5.95. The molecule has 2 aliphatic rings. The molecule has 0 aromatic heterocycles. The number of anilines is 2. The van der Waals surface area contributed by atoms with Crippen molar-refractivity contribution < 1.29 is 18.0 Å². The van der Waals surface area contributed by atoms with Gasteiger partial charge in [-0.15, -0.1) is 0 Å². The van der Waals surface area contributed by atoms with Gasteiger partial charge >= 0.3 is 0 Å². The molecule has 0 radical (unpaired) electrons. The lowest BCUT2D eigenvalue weighted by atomic mass is 10.2. The zero-order chi connectivity index (χ0) is 21.5. The number of nitrogens with zero attached hydrogens (tertiary/aromatic N) is 1. The minimum absolute atomic E-state index is 0.00319. The molecule has 1 N–H and O–H groups in total. The summed E-state index contributed by atoms with van der Waals surface area (Å²) < 4.78 is 27.0. The number of halogens is 2. The van der Waals surface area contributed by atoms with Gasteiger partial charge in [0.05, 0.1) is 27.0 Å². The van der Waals surface area contributed by atoms with E-state index in [0.717, 1.165) is 18.4 Å². The molecular weight excluding hydrogens is 492 g/mol. The van der Waals surface area contributed by atoms with E-state index in [2.05, 4.69) is 21.2 Å². The zero-order valence-corrected chi connectivity index (χ0v) is 19.2. The zero-order valence-electron chi connectivity index (χ0n) is 16.0. The second-order valence-electron chi connectivity index (χ2n) is 7.52. The van der Waals surface area contributed by atoms with Gasteiger partial charge in [0, 0.05) is 23.4 Å². The van der Waals surface area contributed by atoms with Gasteiger partial charge in [-0.1, -0.05) is 39.7 Å². The van der Waals surface area contributed by atoms with Gasteiger partial charge in [0.2, 0.25) is 11.8 Å². The highest BCUT2D eigenvalue weighted by atomic mass is 79.9. The molecule has 0 unspecified atom stereocenters. The van der Waals surface area contributed by atoms with Crippen molar-refractivity contribution in [1.82, 2.24) is 0 Å². The number of benzene rings is 2. The fourth-order valence-electron chi connectivity index (χ4n) is 3.59. The first kappa shape index (κ1) is 21.3. The molecule has 0 saturated heterocycles. The molecule has 2 aromatic rings. The summed E-state index contributed by atoms with van der Waals surface area (Å²) in [5.41, 5.74) is 1.74. The van der Waals surface area contributed by atoms with Crippen LogP contribution in [0.2, 0.25) is 5.02 Å². The number of carbonyl (C=O) groups is 2. The standard InChI is InChI=1S/C21H20BrClN2O4S/c22-15-11-14-7-9-25(21(27)13-5-6-13)20(14)18(12-15)30(28,29)10-8-19(26)24-17-4-2-1-3-16(17)23/h1-4,11-13H,5-10H2,(H,24,26). The predicted octanol–water partition coefficient (Wildman–Crippen LogP) is 4.20. The number of sulfone groups is 1. The van der Waals surface area contributed by atoms with Crippen molar-refractivity contribution in [2.75, 3.05) is 22.5 Å². The van der Waals surface area contributed by atoms with Crippen LogP contribution in [0.4, 0.5) is 11.4 Å². The summed E-state index contributed by atoms with van der Waals surface area (Å²) in [6, 6.07) is 10.2. The summed E-state index contributed by atoms with van der Waals surface area (Å²) in [5.74, 6) is -0.817. The van der Waals surface area contributed by atoms with Crippen LogP contribution in [0.1, 0.15) is 24.8 Å². The van der Waals surface area contributed by atoms with Gasteiger partial charge in [-0.05, 0) is 49.1 Å². The third-order valence-electron chi connectivity index (χ3n) is 5.27. The largest absolute Gasteiger partial charge is 0.325 e. The van der Waals surface area contributed by atoms with Gasteiger partial charge in [-0.3, -0.25) is 9.59 Å². The van der Waals surface area contributed by atoms with E-state index in [0.29, 0.717) is 33.8 Å². The number of hydrogen-bond acceptors (Lipinski definition) is 4. The van der Waals surface area contributed by atoms with E-state index in [1.807, 2.05) is 6.07 Å². The molecule has 6 nitrogen and oxygen atoms in total. The first-order chi connectivity index (χ1) is 14.3.